The summed E-state index contributed by atoms with van der Waals surface area (Å²) < 4.78 is 38.3. The van der Waals surface area contributed by atoms with E-state index in [0.717, 1.165) is 31.7 Å². The third kappa shape index (κ3) is 3.80. The number of hydrogen-bond acceptors (Lipinski definition) is 5. The summed E-state index contributed by atoms with van der Waals surface area (Å²) in [4.78, 5) is 2.48. The van der Waals surface area contributed by atoms with E-state index in [1.807, 2.05) is 12.1 Å². The first-order valence-corrected chi connectivity index (χ1v) is 9.49. The molecular weight excluding hydrogens is 328 g/mol. The van der Waals surface area contributed by atoms with Gasteiger partial charge in [-0.05, 0) is 62.3 Å². The van der Waals surface area contributed by atoms with Gasteiger partial charge < -0.3 is 9.15 Å². The van der Waals surface area contributed by atoms with Gasteiger partial charge in [-0.3, -0.25) is 4.90 Å². The van der Waals surface area contributed by atoms with Crippen molar-refractivity contribution in [3.63, 3.8) is 0 Å². The fraction of sp³-hybridized carbons (Fsp3) is 0.412. The fourth-order valence-electron chi connectivity index (χ4n) is 2.97. The molecule has 0 saturated carbocycles. The van der Waals surface area contributed by atoms with Crippen molar-refractivity contribution in [2.75, 3.05) is 26.7 Å². The summed E-state index contributed by atoms with van der Waals surface area (Å²) in [6, 6.07) is 9.99. The first-order chi connectivity index (χ1) is 11.6. The standard InChI is InChI=1S/C17H22N2O4S/c1-22-14-6-8-15(9-7-14)24(20,21)18-13-16(17-5-4-12-23-17)19-10-2-3-11-19/h4-9,12,16,18H,2-3,10-11,13H2,1H3. The molecule has 0 aliphatic carbocycles. The van der Waals surface area contributed by atoms with Crippen molar-refractivity contribution in [3.05, 3.63) is 48.4 Å². The van der Waals surface area contributed by atoms with Crippen LogP contribution in [0.2, 0.25) is 0 Å². The summed E-state index contributed by atoms with van der Waals surface area (Å²) in [5.74, 6) is 1.41. The molecule has 1 saturated heterocycles. The van der Waals surface area contributed by atoms with Crippen molar-refractivity contribution < 1.29 is 17.6 Å². The van der Waals surface area contributed by atoms with Crippen LogP contribution in [0.1, 0.15) is 24.6 Å². The molecule has 1 aromatic carbocycles. The lowest BCUT2D eigenvalue weighted by Crippen LogP contribution is -2.36. The minimum absolute atomic E-state index is 0.0875. The Hall–Kier alpha value is -1.83. The molecule has 130 valence electrons. The summed E-state index contributed by atoms with van der Waals surface area (Å²) in [6.07, 6.45) is 3.88. The highest BCUT2D eigenvalue weighted by Crippen LogP contribution is 2.25. The molecule has 1 atom stereocenters. The van der Waals surface area contributed by atoms with Gasteiger partial charge in [0.1, 0.15) is 11.5 Å². The predicted octanol–water partition coefficient (Wildman–Crippen LogP) is 2.40. The van der Waals surface area contributed by atoms with Crippen molar-refractivity contribution in [2.24, 2.45) is 0 Å². The normalized spacial score (nSPS) is 17.0. The Morgan fingerprint density at radius 3 is 2.50 bits per heavy atom. The number of likely N-dealkylation sites (tertiary alicyclic amines) is 1. The van der Waals surface area contributed by atoms with Crippen LogP contribution < -0.4 is 9.46 Å². The van der Waals surface area contributed by atoms with Crippen LogP contribution in [0.3, 0.4) is 0 Å². The van der Waals surface area contributed by atoms with Crippen LogP contribution in [0.5, 0.6) is 5.75 Å². The lowest BCUT2D eigenvalue weighted by Gasteiger charge is -2.25. The first kappa shape index (κ1) is 17.0. The van der Waals surface area contributed by atoms with E-state index in [1.165, 1.54) is 0 Å². The zero-order valence-corrected chi connectivity index (χ0v) is 14.5. The number of nitrogens with zero attached hydrogens (tertiary/aromatic N) is 1. The Morgan fingerprint density at radius 1 is 1.21 bits per heavy atom. The molecule has 1 unspecified atom stereocenters. The number of rotatable bonds is 7. The number of nitrogens with one attached hydrogen (secondary N) is 1. The smallest absolute Gasteiger partial charge is 0.240 e. The molecule has 6 nitrogen and oxygen atoms in total. The number of hydrogen-bond donors (Lipinski definition) is 1. The van der Waals surface area contributed by atoms with Crippen LogP contribution >= 0.6 is 0 Å². The minimum atomic E-state index is -3.57. The molecule has 0 bridgehead atoms. The monoisotopic (exact) mass is 350 g/mol. The van der Waals surface area contributed by atoms with E-state index < -0.39 is 10.0 Å². The summed E-state index contributed by atoms with van der Waals surface area (Å²) in [7, 11) is -2.03. The molecule has 2 aromatic rings. The molecule has 1 aliphatic heterocycles. The molecule has 1 fully saturated rings. The highest BCUT2D eigenvalue weighted by molar-refractivity contribution is 7.89. The molecule has 1 N–H and O–H groups in total. The SMILES string of the molecule is COc1ccc(S(=O)(=O)NCC(c2ccco2)N2CCCC2)cc1. The van der Waals surface area contributed by atoms with Gasteiger partial charge in [-0.1, -0.05) is 0 Å². The lowest BCUT2D eigenvalue weighted by molar-refractivity contribution is 0.216. The molecule has 0 radical (unpaired) electrons. The zero-order valence-electron chi connectivity index (χ0n) is 13.6. The molecular formula is C17H22N2O4S. The van der Waals surface area contributed by atoms with E-state index in [-0.39, 0.29) is 17.5 Å². The van der Waals surface area contributed by atoms with E-state index in [4.69, 9.17) is 9.15 Å². The van der Waals surface area contributed by atoms with E-state index in [2.05, 4.69) is 9.62 Å². The van der Waals surface area contributed by atoms with Crippen LogP contribution in [0.25, 0.3) is 0 Å². The van der Waals surface area contributed by atoms with Gasteiger partial charge in [-0.25, -0.2) is 13.1 Å². The van der Waals surface area contributed by atoms with Crippen LogP contribution in [0.15, 0.2) is 52.0 Å². The van der Waals surface area contributed by atoms with Crippen LogP contribution in [0, 0.1) is 0 Å². The highest BCUT2D eigenvalue weighted by Gasteiger charge is 2.27. The Morgan fingerprint density at radius 2 is 1.92 bits per heavy atom. The summed E-state index contributed by atoms with van der Waals surface area (Å²) >= 11 is 0. The minimum Gasteiger partial charge on any atom is -0.497 e. The average Bonchev–Trinajstić information content (AvgIpc) is 3.29. The van der Waals surface area contributed by atoms with Crippen LogP contribution in [-0.4, -0.2) is 40.1 Å². The number of benzene rings is 1. The van der Waals surface area contributed by atoms with Crippen LogP contribution in [0.4, 0.5) is 0 Å². The van der Waals surface area contributed by atoms with E-state index >= 15 is 0 Å². The quantitative estimate of drug-likeness (QED) is 0.830. The Kier molecular flexibility index (Phi) is 5.23. The second-order valence-corrected chi connectivity index (χ2v) is 7.57. The maximum absolute atomic E-state index is 12.5. The molecule has 0 amide bonds. The molecule has 3 rings (SSSR count). The average molecular weight is 350 g/mol. The largest absolute Gasteiger partial charge is 0.497 e. The van der Waals surface area contributed by atoms with Gasteiger partial charge in [0.05, 0.1) is 24.3 Å². The van der Waals surface area contributed by atoms with Gasteiger partial charge in [-0.2, -0.15) is 0 Å². The van der Waals surface area contributed by atoms with Crippen molar-refractivity contribution in [3.8, 4) is 5.75 Å². The fourth-order valence-corrected chi connectivity index (χ4v) is 4.01. The molecule has 7 heteroatoms. The number of ether oxygens (including phenoxy) is 1. The zero-order chi connectivity index (χ0) is 17.0. The van der Waals surface area contributed by atoms with Gasteiger partial charge in [0, 0.05) is 6.54 Å². The van der Waals surface area contributed by atoms with E-state index in [0.29, 0.717) is 5.75 Å². The number of sulfonamides is 1. The summed E-state index contributed by atoms with van der Waals surface area (Å²) in [6.45, 7) is 2.19. The molecule has 0 spiro atoms. The number of furan rings is 1. The van der Waals surface area contributed by atoms with Gasteiger partial charge in [0.25, 0.3) is 0 Å². The first-order valence-electron chi connectivity index (χ1n) is 8.01. The number of methoxy groups -OCH3 is 1. The van der Waals surface area contributed by atoms with Gasteiger partial charge >= 0.3 is 0 Å². The van der Waals surface area contributed by atoms with Gasteiger partial charge in [0.15, 0.2) is 0 Å². The molecule has 1 aromatic heterocycles. The summed E-state index contributed by atoms with van der Waals surface area (Å²) in [5.41, 5.74) is 0. The Balaban J connectivity index is 1.73. The molecule has 1 aliphatic rings. The maximum atomic E-state index is 12.5. The second-order valence-electron chi connectivity index (χ2n) is 5.80. The third-order valence-electron chi connectivity index (χ3n) is 4.29. The molecule has 24 heavy (non-hydrogen) atoms. The van der Waals surface area contributed by atoms with E-state index in [1.54, 1.807) is 37.6 Å². The highest BCUT2D eigenvalue weighted by atomic mass is 32.2. The van der Waals surface area contributed by atoms with Crippen molar-refractivity contribution in [2.45, 2.75) is 23.8 Å². The topological polar surface area (TPSA) is 71.8 Å². The van der Waals surface area contributed by atoms with Gasteiger partial charge in [0.2, 0.25) is 10.0 Å². The third-order valence-corrected chi connectivity index (χ3v) is 5.73. The Bertz CT molecular complexity index is 735. The van der Waals surface area contributed by atoms with Crippen molar-refractivity contribution >= 4 is 10.0 Å². The Labute approximate surface area is 142 Å². The van der Waals surface area contributed by atoms with Crippen LogP contribution in [-0.2, 0) is 10.0 Å². The lowest BCUT2D eigenvalue weighted by atomic mass is 10.2. The van der Waals surface area contributed by atoms with E-state index in [9.17, 15) is 8.42 Å². The second kappa shape index (κ2) is 7.38. The van der Waals surface area contributed by atoms with Crippen molar-refractivity contribution in [1.82, 2.24) is 9.62 Å². The predicted molar refractivity (Wildman–Crippen MR) is 90.4 cm³/mol. The van der Waals surface area contributed by atoms with Gasteiger partial charge in [-0.15, -0.1) is 0 Å². The maximum Gasteiger partial charge on any atom is 0.240 e. The molecule has 2 heterocycles. The van der Waals surface area contributed by atoms with Crippen molar-refractivity contribution in [1.29, 1.82) is 0 Å². The summed E-state index contributed by atoms with van der Waals surface area (Å²) in [5, 5.41) is 0.